The van der Waals surface area contributed by atoms with E-state index >= 15 is 0 Å². The van der Waals surface area contributed by atoms with Gasteiger partial charge in [0.05, 0.1) is 0 Å². The van der Waals surface area contributed by atoms with Crippen LogP contribution in [0.25, 0.3) is 11.0 Å². The Morgan fingerprint density at radius 3 is 2.78 bits per heavy atom. The zero-order valence-corrected chi connectivity index (χ0v) is 15.1. The first-order valence-electron chi connectivity index (χ1n) is 9.11. The largest absolute Gasteiger partial charge is 0.423 e. The number of nitrogens with zero attached hydrogens (tertiary/aromatic N) is 2. The standard InChI is InChI=1S/C21H21N3O3/c1-14-11-19(25)27-18-12-16(6-7-17(14)18)23-21(26)20(24-9-2-3-10-24)15-5-4-8-22-13-15/h4-8,11-13,20H,2-3,9-10H2,1H3,(H,23,26). The Hall–Kier alpha value is -2.99. The van der Waals surface area contributed by atoms with Gasteiger partial charge in [0.25, 0.3) is 0 Å². The molecule has 0 spiro atoms. The van der Waals surface area contributed by atoms with Gasteiger partial charge in [0.2, 0.25) is 5.91 Å². The van der Waals surface area contributed by atoms with E-state index in [4.69, 9.17) is 4.42 Å². The number of anilines is 1. The van der Waals surface area contributed by atoms with Crippen LogP contribution in [0.4, 0.5) is 5.69 Å². The molecule has 3 aromatic rings. The van der Waals surface area contributed by atoms with E-state index in [-0.39, 0.29) is 11.9 Å². The third kappa shape index (κ3) is 3.61. The van der Waals surface area contributed by atoms with Gasteiger partial charge in [-0.25, -0.2) is 4.79 Å². The van der Waals surface area contributed by atoms with Crippen LogP contribution in [-0.2, 0) is 4.79 Å². The lowest BCUT2D eigenvalue weighted by molar-refractivity contribution is -0.121. The second-order valence-corrected chi connectivity index (χ2v) is 6.88. The monoisotopic (exact) mass is 363 g/mol. The minimum atomic E-state index is -0.395. The molecule has 1 saturated heterocycles. The molecule has 0 radical (unpaired) electrons. The Bertz CT molecular complexity index is 1020. The summed E-state index contributed by atoms with van der Waals surface area (Å²) in [5.41, 5.74) is 2.41. The average molecular weight is 363 g/mol. The number of likely N-dealkylation sites (tertiary alicyclic amines) is 1. The SMILES string of the molecule is Cc1cc(=O)oc2cc(NC(=O)C(c3cccnc3)N3CCCC3)ccc12. The lowest BCUT2D eigenvalue weighted by Gasteiger charge is -2.26. The second kappa shape index (κ2) is 7.32. The van der Waals surface area contributed by atoms with Gasteiger partial charge >= 0.3 is 5.63 Å². The van der Waals surface area contributed by atoms with Gasteiger partial charge in [-0.3, -0.25) is 14.7 Å². The molecular weight excluding hydrogens is 342 g/mol. The number of carbonyl (C=O) groups excluding carboxylic acids is 1. The number of carbonyl (C=O) groups is 1. The Morgan fingerprint density at radius 1 is 1.22 bits per heavy atom. The van der Waals surface area contributed by atoms with E-state index in [2.05, 4.69) is 15.2 Å². The molecule has 138 valence electrons. The van der Waals surface area contributed by atoms with Crippen molar-refractivity contribution >= 4 is 22.6 Å². The molecule has 1 unspecified atom stereocenters. The number of hydrogen-bond donors (Lipinski definition) is 1. The molecule has 1 N–H and O–H groups in total. The molecule has 6 nitrogen and oxygen atoms in total. The lowest BCUT2D eigenvalue weighted by Crippen LogP contribution is -2.35. The first-order chi connectivity index (χ1) is 13.1. The maximum absolute atomic E-state index is 13.1. The number of pyridine rings is 1. The fourth-order valence-electron chi connectivity index (χ4n) is 3.68. The summed E-state index contributed by atoms with van der Waals surface area (Å²) in [6, 6.07) is 10.2. The minimum absolute atomic E-state index is 0.112. The maximum atomic E-state index is 13.1. The highest BCUT2D eigenvalue weighted by Gasteiger charge is 2.30. The quantitative estimate of drug-likeness (QED) is 0.720. The Labute approximate surface area is 156 Å². The van der Waals surface area contributed by atoms with Crippen molar-refractivity contribution in [2.45, 2.75) is 25.8 Å². The molecule has 1 fully saturated rings. The van der Waals surface area contributed by atoms with Crippen molar-refractivity contribution in [2.75, 3.05) is 18.4 Å². The Balaban J connectivity index is 1.64. The third-order valence-corrected chi connectivity index (χ3v) is 4.97. The molecule has 0 aliphatic carbocycles. The van der Waals surface area contributed by atoms with Crippen LogP contribution in [0.3, 0.4) is 0 Å². The van der Waals surface area contributed by atoms with Crippen molar-refractivity contribution in [3.8, 4) is 0 Å². The van der Waals surface area contributed by atoms with Gasteiger partial charge in [0.1, 0.15) is 11.6 Å². The molecule has 0 bridgehead atoms. The van der Waals surface area contributed by atoms with Crippen LogP contribution in [0.2, 0.25) is 0 Å². The van der Waals surface area contributed by atoms with E-state index < -0.39 is 5.63 Å². The molecule has 6 heteroatoms. The summed E-state index contributed by atoms with van der Waals surface area (Å²) < 4.78 is 5.28. The van der Waals surface area contributed by atoms with E-state index in [1.165, 1.54) is 6.07 Å². The predicted molar refractivity (Wildman–Crippen MR) is 104 cm³/mol. The molecule has 1 aliphatic heterocycles. The van der Waals surface area contributed by atoms with E-state index in [9.17, 15) is 9.59 Å². The smallest absolute Gasteiger partial charge is 0.336 e. The van der Waals surface area contributed by atoms with Crippen molar-refractivity contribution < 1.29 is 9.21 Å². The molecule has 27 heavy (non-hydrogen) atoms. The number of fused-ring (bicyclic) bond motifs is 1. The highest BCUT2D eigenvalue weighted by atomic mass is 16.4. The second-order valence-electron chi connectivity index (χ2n) is 6.88. The fraction of sp³-hybridized carbons (Fsp3) is 0.286. The summed E-state index contributed by atoms with van der Waals surface area (Å²) in [5, 5.41) is 3.84. The molecule has 0 saturated carbocycles. The van der Waals surface area contributed by atoms with E-state index in [0.717, 1.165) is 42.4 Å². The first kappa shape index (κ1) is 17.4. The predicted octanol–water partition coefficient (Wildman–Crippen LogP) is 3.27. The molecular formula is C21H21N3O3. The summed E-state index contributed by atoms with van der Waals surface area (Å²) in [6.45, 7) is 3.64. The molecule has 1 aromatic carbocycles. The van der Waals surface area contributed by atoms with Crippen LogP contribution in [0, 0.1) is 6.92 Å². The summed E-state index contributed by atoms with van der Waals surface area (Å²) >= 11 is 0. The van der Waals surface area contributed by atoms with Crippen molar-refractivity contribution in [1.82, 2.24) is 9.88 Å². The first-order valence-corrected chi connectivity index (χ1v) is 9.11. The van der Waals surface area contributed by atoms with Crippen LogP contribution in [0.5, 0.6) is 0 Å². The van der Waals surface area contributed by atoms with Gasteiger partial charge in [-0.05, 0) is 62.2 Å². The van der Waals surface area contributed by atoms with Gasteiger partial charge < -0.3 is 9.73 Å². The molecule has 1 atom stereocenters. The minimum Gasteiger partial charge on any atom is -0.423 e. The Morgan fingerprint density at radius 2 is 2.04 bits per heavy atom. The topological polar surface area (TPSA) is 75.4 Å². The number of nitrogens with one attached hydrogen (secondary N) is 1. The van der Waals surface area contributed by atoms with E-state index in [1.807, 2.05) is 31.2 Å². The van der Waals surface area contributed by atoms with Gasteiger partial charge in [-0.1, -0.05) is 6.07 Å². The molecule has 1 aliphatic rings. The lowest BCUT2D eigenvalue weighted by atomic mass is 10.1. The zero-order valence-electron chi connectivity index (χ0n) is 15.1. The maximum Gasteiger partial charge on any atom is 0.336 e. The van der Waals surface area contributed by atoms with Crippen LogP contribution in [0.1, 0.15) is 30.0 Å². The zero-order chi connectivity index (χ0) is 18.8. The van der Waals surface area contributed by atoms with Gasteiger partial charge in [-0.2, -0.15) is 0 Å². The highest BCUT2D eigenvalue weighted by molar-refractivity contribution is 5.97. The molecule has 4 rings (SSSR count). The highest BCUT2D eigenvalue weighted by Crippen LogP contribution is 2.27. The number of amides is 1. The van der Waals surface area contributed by atoms with Crippen LogP contribution < -0.4 is 10.9 Å². The molecule has 3 heterocycles. The molecule has 1 amide bonds. The molecule has 2 aromatic heterocycles. The Kier molecular flexibility index (Phi) is 4.73. The summed E-state index contributed by atoms with van der Waals surface area (Å²) in [4.78, 5) is 31.1. The fourth-order valence-corrected chi connectivity index (χ4v) is 3.68. The normalized spacial score (nSPS) is 15.7. The van der Waals surface area contributed by atoms with Crippen LogP contribution in [0.15, 0.2) is 58.0 Å². The number of rotatable bonds is 4. The van der Waals surface area contributed by atoms with Gasteiger partial charge in [-0.15, -0.1) is 0 Å². The summed E-state index contributed by atoms with van der Waals surface area (Å²) in [6.07, 6.45) is 5.62. The summed E-state index contributed by atoms with van der Waals surface area (Å²) in [5.74, 6) is -0.112. The van der Waals surface area contributed by atoms with Gasteiger partial charge in [0, 0.05) is 35.6 Å². The number of aromatic nitrogens is 1. The van der Waals surface area contributed by atoms with Gasteiger partial charge in [0.15, 0.2) is 0 Å². The number of benzene rings is 1. The van der Waals surface area contributed by atoms with Crippen molar-refractivity contribution in [3.63, 3.8) is 0 Å². The van der Waals surface area contributed by atoms with Crippen LogP contribution in [-0.4, -0.2) is 28.9 Å². The van der Waals surface area contributed by atoms with Crippen molar-refractivity contribution in [2.24, 2.45) is 0 Å². The average Bonchev–Trinajstić information content (AvgIpc) is 3.16. The number of aryl methyl sites for hydroxylation is 1. The number of hydrogen-bond acceptors (Lipinski definition) is 5. The van der Waals surface area contributed by atoms with Crippen molar-refractivity contribution in [1.29, 1.82) is 0 Å². The third-order valence-electron chi connectivity index (χ3n) is 4.97. The van der Waals surface area contributed by atoms with Crippen LogP contribution >= 0.6 is 0 Å². The van der Waals surface area contributed by atoms with Crippen molar-refractivity contribution in [3.05, 3.63) is 70.3 Å². The summed E-state index contributed by atoms with van der Waals surface area (Å²) in [7, 11) is 0. The van der Waals surface area contributed by atoms with E-state index in [0.29, 0.717) is 11.3 Å². The van der Waals surface area contributed by atoms with E-state index in [1.54, 1.807) is 18.5 Å².